The van der Waals surface area contributed by atoms with Crippen LogP contribution >= 0.6 is 17.0 Å². The van der Waals surface area contributed by atoms with Crippen molar-refractivity contribution in [1.29, 1.82) is 0 Å². The minimum atomic E-state index is -0.877. The third-order valence-electron chi connectivity index (χ3n) is 8.01. The van der Waals surface area contributed by atoms with Crippen LogP contribution in [0.1, 0.15) is 43.4 Å². The molecule has 0 N–H and O–H groups in total. The molecule has 0 heterocycles. The normalized spacial score (nSPS) is 12.1. The second-order valence-electron chi connectivity index (χ2n) is 9.99. The van der Waals surface area contributed by atoms with E-state index in [0.717, 1.165) is 24.1 Å². The van der Waals surface area contributed by atoms with Crippen LogP contribution in [0.2, 0.25) is 0 Å². The van der Waals surface area contributed by atoms with Gasteiger partial charge < -0.3 is 6.42 Å². The van der Waals surface area contributed by atoms with Crippen LogP contribution in [0.25, 0.3) is 11.1 Å². The summed E-state index contributed by atoms with van der Waals surface area (Å²) in [7, 11) is 2.37. The second kappa shape index (κ2) is 14.2. The Labute approximate surface area is 264 Å². The van der Waals surface area contributed by atoms with Crippen molar-refractivity contribution >= 4 is 38.6 Å². The first kappa shape index (κ1) is 30.9. The summed E-state index contributed by atoms with van der Waals surface area (Å²) in [5, 5.41) is 4.31. The summed E-state index contributed by atoms with van der Waals surface area (Å²) in [5.74, 6) is 2.52. The molecule has 5 aromatic carbocycles. The van der Waals surface area contributed by atoms with E-state index < -0.39 is 7.92 Å². The van der Waals surface area contributed by atoms with Gasteiger partial charge in [0.1, 0.15) is 15.9 Å². The second-order valence-corrected chi connectivity index (χ2v) is 12.7. The molecule has 0 aliphatic heterocycles. The van der Waals surface area contributed by atoms with Crippen molar-refractivity contribution in [2.45, 2.75) is 32.1 Å². The van der Waals surface area contributed by atoms with Crippen LogP contribution in [-0.2, 0) is 27.8 Å². The molecule has 1 aliphatic carbocycles. The minimum Gasteiger partial charge on any atom is -0.366 e. The van der Waals surface area contributed by atoms with Gasteiger partial charge in [0.15, 0.2) is 0 Å². The van der Waals surface area contributed by atoms with Gasteiger partial charge in [0.05, 0.1) is 13.6 Å². The van der Waals surface area contributed by atoms with Crippen LogP contribution in [0.3, 0.4) is 0 Å². The quantitative estimate of drug-likeness (QED) is 0.0713. The molecule has 0 fully saturated rings. The zero-order chi connectivity index (χ0) is 28.0. The molecule has 4 heteroatoms. The Balaban J connectivity index is 0.000000185. The average molecular weight is 751 g/mol. The fourth-order valence-electron chi connectivity index (χ4n) is 5.96. The van der Waals surface area contributed by atoms with Crippen molar-refractivity contribution in [2.24, 2.45) is 4.74 Å². The fourth-order valence-corrected chi connectivity index (χ4v) is 8.67. The van der Waals surface area contributed by atoms with E-state index in [1.165, 1.54) is 38.2 Å². The predicted octanol–water partition coefficient (Wildman–Crippen LogP) is 8.84. The van der Waals surface area contributed by atoms with E-state index >= 15 is 0 Å². The van der Waals surface area contributed by atoms with Gasteiger partial charge in [0.2, 0.25) is 0 Å². The molecule has 0 amide bonds. The Hall–Kier alpha value is -3.07. The maximum absolute atomic E-state index is 7.40. The topological polar surface area (TPSA) is 12.4 Å². The van der Waals surface area contributed by atoms with Gasteiger partial charge in [-0.05, 0) is 92.7 Å². The third kappa shape index (κ3) is 6.25. The van der Waals surface area contributed by atoms with Gasteiger partial charge in [-0.3, -0.25) is 5.92 Å². The summed E-state index contributed by atoms with van der Waals surface area (Å²) < 4.78 is 4.14. The molecule has 0 spiro atoms. The van der Waals surface area contributed by atoms with Crippen molar-refractivity contribution < 1.29 is 22.4 Å². The van der Waals surface area contributed by atoms with Gasteiger partial charge in [-0.25, -0.2) is 4.74 Å². The van der Waals surface area contributed by atoms with Crippen LogP contribution in [0, 0.1) is 12.3 Å². The van der Waals surface area contributed by atoms with E-state index in [9.17, 15) is 0 Å². The molecule has 0 radical (unpaired) electrons. The molecule has 6 rings (SSSR count). The van der Waals surface area contributed by atoms with Crippen LogP contribution < -0.4 is 15.9 Å². The fraction of sp³-hybridized carbons (Fsp3) is 0.135. The molecule has 0 saturated heterocycles. The van der Waals surface area contributed by atoms with Gasteiger partial charge in [-0.2, -0.15) is 0 Å². The molecule has 41 heavy (non-hydrogen) atoms. The van der Waals surface area contributed by atoms with Gasteiger partial charge in [-0.15, -0.1) is 17.7 Å². The summed E-state index contributed by atoms with van der Waals surface area (Å²) in [4.78, 5) is 0. The summed E-state index contributed by atoms with van der Waals surface area (Å²) in [6, 6.07) is 45.1. The molecule has 1 nitrogen and oxygen atoms in total. The minimum absolute atomic E-state index is 0. The Morgan fingerprint density at radius 3 is 1.51 bits per heavy atom. The standard InChI is InChI=1S/C19H17NP.C18H15P.Au/c1-4-13-7-9-15-16-10-8-14(20-21)12-18(16)19(5-2,6-3)17(15)11-13;1-4-10-16(11-5-1)19(17-12-6-2-7-13-17)18-14-8-3-9-15-18;/h7-12,21H,5-6H2,2-3H3;1-15H;/q-1;;+1/p+1. The van der Waals surface area contributed by atoms with Gasteiger partial charge in [0.25, 0.3) is 0 Å². The largest absolute Gasteiger partial charge is 1.00 e. The smallest absolute Gasteiger partial charge is 0.366 e. The number of fused-ring (bicyclic) bond motifs is 3. The van der Waals surface area contributed by atoms with Crippen LogP contribution in [0.5, 0.6) is 0 Å². The maximum atomic E-state index is 7.40. The number of benzene rings is 5. The molecule has 0 aromatic heterocycles. The molecular formula is C37H33AuNP2+. The van der Waals surface area contributed by atoms with Crippen molar-refractivity contribution in [1.82, 2.24) is 0 Å². The number of rotatable bonds is 6. The number of hydrogen-bond donors (Lipinski definition) is 0. The van der Waals surface area contributed by atoms with Crippen molar-refractivity contribution in [3.63, 3.8) is 0 Å². The Morgan fingerprint density at radius 2 is 1.10 bits per heavy atom. The molecule has 5 aromatic rings. The number of nitrogens with zero attached hydrogens (tertiary/aromatic N) is 1. The SMILES string of the molecule is [Au+].[C-]#Cc1ccc2c(c1)C(CC)(CC)c1cc(N=P)ccc1-2.c1ccc([PH+](c2ccccc2)c2ccccc2)cc1. The average Bonchev–Trinajstić information content (AvgIpc) is 3.31. The maximum Gasteiger partial charge on any atom is 1.00 e. The van der Waals surface area contributed by atoms with Gasteiger partial charge in [0, 0.05) is 5.41 Å². The van der Waals surface area contributed by atoms with E-state index in [4.69, 9.17) is 6.42 Å². The Kier molecular flexibility index (Phi) is 10.7. The summed E-state index contributed by atoms with van der Waals surface area (Å²) in [5.41, 5.74) is 7.07. The first-order valence-electron chi connectivity index (χ1n) is 13.8. The predicted molar refractivity (Wildman–Crippen MR) is 176 cm³/mol. The first-order valence-corrected chi connectivity index (χ1v) is 15.7. The Bertz CT molecular complexity index is 1550. The van der Waals surface area contributed by atoms with Gasteiger partial charge >= 0.3 is 22.4 Å². The van der Waals surface area contributed by atoms with Crippen molar-refractivity contribution in [3.05, 3.63) is 151 Å². The number of hydrogen-bond acceptors (Lipinski definition) is 1. The van der Waals surface area contributed by atoms with Gasteiger partial charge in [-0.1, -0.05) is 80.6 Å². The molecule has 0 atom stereocenters. The monoisotopic (exact) mass is 750 g/mol. The van der Waals surface area contributed by atoms with Crippen LogP contribution in [-0.4, -0.2) is 0 Å². The van der Waals surface area contributed by atoms with Crippen molar-refractivity contribution in [2.75, 3.05) is 0 Å². The molecule has 206 valence electrons. The first-order chi connectivity index (χ1) is 19.6. The summed E-state index contributed by atoms with van der Waals surface area (Å²) in [6.07, 6.45) is 9.48. The Morgan fingerprint density at radius 1 is 0.659 bits per heavy atom. The molecule has 0 unspecified atom stereocenters. The molecule has 0 saturated carbocycles. The van der Waals surface area contributed by atoms with Crippen molar-refractivity contribution in [3.8, 4) is 17.0 Å². The molecular weight excluding hydrogens is 717 g/mol. The third-order valence-corrected chi connectivity index (χ3v) is 11.0. The summed E-state index contributed by atoms with van der Waals surface area (Å²) in [6.45, 7) is 4.47. The zero-order valence-corrected chi connectivity index (χ0v) is 27.5. The van der Waals surface area contributed by atoms with Crippen LogP contribution in [0.15, 0.2) is 132 Å². The van der Waals surface area contributed by atoms with E-state index in [-0.39, 0.29) is 27.8 Å². The van der Waals surface area contributed by atoms with E-state index in [2.05, 4.69) is 149 Å². The molecule has 1 aliphatic rings. The summed E-state index contributed by atoms with van der Waals surface area (Å²) >= 11 is 0. The molecule has 0 bridgehead atoms. The van der Waals surface area contributed by atoms with E-state index in [0.29, 0.717) is 0 Å². The zero-order valence-electron chi connectivity index (χ0n) is 23.3. The van der Waals surface area contributed by atoms with E-state index in [1.807, 2.05) is 12.1 Å². The van der Waals surface area contributed by atoms with E-state index in [1.54, 1.807) is 0 Å². The van der Waals surface area contributed by atoms with Crippen LogP contribution in [0.4, 0.5) is 5.69 Å².